The maximum Gasteiger partial charge on any atom is 0.319 e. The highest BCUT2D eigenvalue weighted by molar-refractivity contribution is 5.90. The summed E-state index contributed by atoms with van der Waals surface area (Å²) in [6.45, 7) is 8.40. The highest BCUT2D eigenvalue weighted by atomic mass is 16.5. The number of urea groups is 1. The Morgan fingerprint density at radius 3 is 2.47 bits per heavy atom. The van der Waals surface area contributed by atoms with Crippen LogP contribution in [0.4, 0.5) is 16.2 Å². The van der Waals surface area contributed by atoms with E-state index in [1.165, 1.54) is 11.3 Å². The Labute approximate surface area is 179 Å². The van der Waals surface area contributed by atoms with Crippen molar-refractivity contribution in [3.8, 4) is 0 Å². The van der Waals surface area contributed by atoms with Gasteiger partial charge in [0.2, 0.25) is 0 Å². The molecule has 2 aliphatic heterocycles. The van der Waals surface area contributed by atoms with Gasteiger partial charge in [0.05, 0.1) is 13.2 Å². The molecule has 2 aliphatic rings. The zero-order valence-electron chi connectivity index (χ0n) is 17.8. The predicted molar refractivity (Wildman–Crippen MR) is 121 cm³/mol. The molecule has 0 radical (unpaired) electrons. The minimum Gasteiger partial charge on any atom is -0.378 e. The van der Waals surface area contributed by atoms with Crippen LogP contribution in [-0.4, -0.2) is 56.4 Å². The SMILES string of the molecule is Cc1cc(N2CCOCC2)ccc1NC(=O)NC1CCN(Cc2ccccc2)CC1. The predicted octanol–water partition coefficient (Wildman–Crippen LogP) is 3.62. The lowest BCUT2D eigenvalue weighted by atomic mass is 10.0. The van der Waals surface area contributed by atoms with Crippen LogP contribution in [0.3, 0.4) is 0 Å². The van der Waals surface area contributed by atoms with Crippen LogP contribution in [0.25, 0.3) is 0 Å². The van der Waals surface area contributed by atoms with Crippen LogP contribution in [-0.2, 0) is 11.3 Å². The Morgan fingerprint density at radius 1 is 1.03 bits per heavy atom. The molecule has 0 aromatic heterocycles. The molecule has 6 nitrogen and oxygen atoms in total. The van der Waals surface area contributed by atoms with Gasteiger partial charge in [0, 0.05) is 50.1 Å². The zero-order valence-corrected chi connectivity index (χ0v) is 17.8. The van der Waals surface area contributed by atoms with Crippen LogP contribution in [0.1, 0.15) is 24.0 Å². The van der Waals surface area contributed by atoms with Crippen molar-refractivity contribution in [1.82, 2.24) is 10.2 Å². The highest BCUT2D eigenvalue weighted by Crippen LogP contribution is 2.23. The smallest absolute Gasteiger partial charge is 0.319 e. The lowest BCUT2D eigenvalue weighted by Crippen LogP contribution is -2.45. The average Bonchev–Trinajstić information content (AvgIpc) is 2.78. The molecule has 6 heteroatoms. The number of likely N-dealkylation sites (tertiary alicyclic amines) is 1. The molecule has 2 fully saturated rings. The first-order chi connectivity index (χ1) is 14.7. The molecule has 30 heavy (non-hydrogen) atoms. The molecule has 0 aliphatic carbocycles. The van der Waals surface area contributed by atoms with E-state index in [2.05, 4.69) is 62.9 Å². The van der Waals surface area contributed by atoms with E-state index >= 15 is 0 Å². The van der Waals surface area contributed by atoms with Crippen molar-refractivity contribution < 1.29 is 9.53 Å². The second-order valence-electron chi connectivity index (χ2n) is 8.23. The number of benzene rings is 2. The molecule has 0 bridgehead atoms. The maximum atomic E-state index is 12.5. The molecule has 2 saturated heterocycles. The number of ether oxygens (including phenoxy) is 1. The summed E-state index contributed by atoms with van der Waals surface area (Å²) in [5.41, 5.74) is 4.48. The lowest BCUT2D eigenvalue weighted by Gasteiger charge is -2.32. The number of anilines is 2. The van der Waals surface area contributed by atoms with Crippen LogP contribution < -0.4 is 15.5 Å². The van der Waals surface area contributed by atoms with Gasteiger partial charge >= 0.3 is 6.03 Å². The Balaban J connectivity index is 1.24. The fraction of sp³-hybridized carbons (Fsp3) is 0.458. The normalized spacial score (nSPS) is 18.2. The third-order valence-electron chi connectivity index (χ3n) is 6.01. The van der Waals surface area contributed by atoms with Gasteiger partial charge in [-0.2, -0.15) is 0 Å². The molecular formula is C24H32N4O2. The molecule has 0 spiro atoms. The molecule has 0 atom stereocenters. The number of piperidine rings is 1. The van der Waals surface area contributed by atoms with Crippen molar-refractivity contribution in [3.63, 3.8) is 0 Å². The quantitative estimate of drug-likeness (QED) is 0.794. The first kappa shape index (κ1) is 20.7. The third kappa shape index (κ3) is 5.52. The van der Waals surface area contributed by atoms with Gasteiger partial charge in [-0.1, -0.05) is 30.3 Å². The Hall–Kier alpha value is -2.57. The number of nitrogens with one attached hydrogen (secondary N) is 2. The number of hydrogen-bond acceptors (Lipinski definition) is 4. The van der Waals surface area contributed by atoms with E-state index in [9.17, 15) is 4.79 Å². The molecular weight excluding hydrogens is 376 g/mol. The van der Waals surface area contributed by atoms with E-state index in [1.54, 1.807) is 0 Å². The molecule has 0 saturated carbocycles. The van der Waals surface area contributed by atoms with Gasteiger partial charge in [-0.15, -0.1) is 0 Å². The molecule has 160 valence electrons. The van der Waals surface area contributed by atoms with E-state index in [1.807, 2.05) is 13.0 Å². The summed E-state index contributed by atoms with van der Waals surface area (Å²) in [4.78, 5) is 17.3. The van der Waals surface area contributed by atoms with E-state index in [0.29, 0.717) is 0 Å². The van der Waals surface area contributed by atoms with Gasteiger partial charge in [0.1, 0.15) is 0 Å². The van der Waals surface area contributed by atoms with E-state index in [0.717, 1.165) is 70.0 Å². The summed E-state index contributed by atoms with van der Waals surface area (Å²) in [7, 11) is 0. The van der Waals surface area contributed by atoms with Gasteiger partial charge in [-0.05, 0) is 49.1 Å². The van der Waals surface area contributed by atoms with Gasteiger partial charge in [-0.25, -0.2) is 4.79 Å². The number of morpholine rings is 1. The van der Waals surface area contributed by atoms with Gasteiger partial charge in [-0.3, -0.25) is 4.90 Å². The van der Waals surface area contributed by atoms with Crippen molar-refractivity contribution in [1.29, 1.82) is 0 Å². The molecule has 2 heterocycles. The third-order valence-corrected chi connectivity index (χ3v) is 6.01. The van der Waals surface area contributed by atoms with Crippen molar-refractivity contribution in [2.24, 2.45) is 0 Å². The van der Waals surface area contributed by atoms with Crippen LogP contribution in [0.2, 0.25) is 0 Å². The van der Waals surface area contributed by atoms with Gasteiger partial charge in [0.15, 0.2) is 0 Å². The number of carbonyl (C=O) groups excluding carboxylic acids is 1. The molecule has 4 rings (SSSR count). The van der Waals surface area contributed by atoms with Crippen LogP contribution in [0, 0.1) is 6.92 Å². The van der Waals surface area contributed by atoms with E-state index < -0.39 is 0 Å². The van der Waals surface area contributed by atoms with Crippen molar-refractivity contribution in [3.05, 3.63) is 59.7 Å². The molecule has 0 unspecified atom stereocenters. The Kier molecular flexibility index (Phi) is 6.87. The maximum absolute atomic E-state index is 12.5. The zero-order chi connectivity index (χ0) is 20.8. The molecule has 2 aromatic carbocycles. The molecule has 2 aromatic rings. The van der Waals surface area contributed by atoms with Crippen LogP contribution in [0.15, 0.2) is 48.5 Å². The first-order valence-corrected chi connectivity index (χ1v) is 10.9. The van der Waals surface area contributed by atoms with Crippen molar-refractivity contribution in [2.45, 2.75) is 32.4 Å². The minimum atomic E-state index is -0.112. The van der Waals surface area contributed by atoms with Crippen LogP contribution >= 0.6 is 0 Å². The topological polar surface area (TPSA) is 56.8 Å². The summed E-state index contributed by atoms with van der Waals surface area (Å²) in [5, 5.41) is 6.19. The largest absolute Gasteiger partial charge is 0.378 e. The van der Waals surface area contributed by atoms with Crippen molar-refractivity contribution >= 4 is 17.4 Å². The lowest BCUT2D eigenvalue weighted by molar-refractivity contribution is 0.122. The van der Waals surface area contributed by atoms with Crippen LogP contribution in [0.5, 0.6) is 0 Å². The fourth-order valence-corrected chi connectivity index (χ4v) is 4.23. The summed E-state index contributed by atoms with van der Waals surface area (Å²) in [5.74, 6) is 0. The Bertz CT molecular complexity index is 828. The second-order valence-corrected chi connectivity index (χ2v) is 8.23. The number of rotatable bonds is 5. The summed E-state index contributed by atoms with van der Waals surface area (Å²) in [6.07, 6.45) is 1.96. The summed E-state index contributed by atoms with van der Waals surface area (Å²) < 4.78 is 5.43. The van der Waals surface area contributed by atoms with Crippen molar-refractivity contribution in [2.75, 3.05) is 49.6 Å². The van der Waals surface area contributed by atoms with E-state index in [-0.39, 0.29) is 12.1 Å². The number of aryl methyl sites for hydroxylation is 1. The minimum absolute atomic E-state index is 0.112. The molecule has 2 amide bonds. The highest BCUT2D eigenvalue weighted by Gasteiger charge is 2.21. The molecule has 2 N–H and O–H groups in total. The van der Waals surface area contributed by atoms with E-state index in [4.69, 9.17) is 4.74 Å². The van der Waals surface area contributed by atoms with Gasteiger partial charge in [0.25, 0.3) is 0 Å². The summed E-state index contributed by atoms with van der Waals surface area (Å²) in [6, 6.07) is 16.9. The number of carbonyl (C=O) groups is 1. The number of hydrogen-bond donors (Lipinski definition) is 2. The Morgan fingerprint density at radius 2 is 1.77 bits per heavy atom. The standard InChI is InChI=1S/C24H32N4O2/c1-19-17-22(28-13-15-30-16-14-28)7-8-23(19)26-24(29)25-21-9-11-27(12-10-21)18-20-5-3-2-4-6-20/h2-8,17,21H,9-16,18H2,1H3,(H2,25,26,29). The number of amides is 2. The first-order valence-electron chi connectivity index (χ1n) is 10.9. The number of nitrogens with zero attached hydrogens (tertiary/aromatic N) is 2. The monoisotopic (exact) mass is 408 g/mol. The van der Waals surface area contributed by atoms with Gasteiger partial charge < -0.3 is 20.3 Å². The fourth-order valence-electron chi connectivity index (χ4n) is 4.23. The summed E-state index contributed by atoms with van der Waals surface area (Å²) >= 11 is 0. The average molecular weight is 409 g/mol. The second kappa shape index (κ2) is 9.96.